The van der Waals surface area contributed by atoms with Gasteiger partial charge in [0.2, 0.25) is 5.91 Å². The Hall–Kier alpha value is -2.51. The summed E-state index contributed by atoms with van der Waals surface area (Å²) in [5, 5.41) is 11.8. The highest BCUT2D eigenvalue weighted by molar-refractivity contribution is 6.30. The molecule has 0 bridgehead atoms. The molecule has 0 heterocycles. The first-order valence-electron chi connectivity index (χ1n) is 7.19. The van der Waals surface area contributed by atoms with Gasteiger partial charge in [-0.3, -0.25) is 4.79 Å². The third kappa shape index (κ3) is 5.32. The van der Waals surface area contributed by atoms with Crippen molar-refractivity contribution in [1.82, 2.24) is 5.32 Å². The van der Waals surface area contributed by atoms with E-state index < -0.39 is 0 Å². The fraction of sp³-hybridized carbons (Fsp3) is 0.222. The molecule has 2 aromatic carbocycles. The number of carbonyl (C=O) groups is 1. The summed E-state index contributed by atoms with van der Waals surface area (Å²) in [7, 11) is 0. The average Bonchev–Trinajstić information content (AvgIpc) is 2.52. The van der Waals surface area contributed by atoms with Gasteiger partial charge in [-0.15, -0.1) is 0 Å². The summed E-state index contributed by atoms with van der Waals surface area (Å²) < 4.78 is 5.85. The lowest BCUT2D eigenvalue weighted by Crippen LogP contribution is -2.22. The predicted molar refractivity (Wildman–Crippen MR) is 89.0 cm³/mol. The van der Waals surface area contributed by atoms with Crippen molar-refractivity contribution in [2.24, 2.45) is 0 Å². The van der Waals surface area contributed by atoms with Crippen molar-refractivity contribution in [3.8, 4) is 11.8 Å². The Labute approximate surface area is 140 Å². The minimum atomic E-state index is -0.322. The van der Waals surface area contributed by atoms with Crippen molar-refractivity contribution < 1.29 is 9.53 Å². The van der Waals surface area contributed by atoms with Crippen LogP contribution in [0.2, 0.25) is 5.02 Å². The summed E-state index contributed by atoms with van der Waals surface area (Å²) in [5.74, 6) is 0.338. The summed E-state index contributed by atoms with van der Waals surface area (Å²) in [6, 6.07) is 15.2. The Bertz CT molecular complexity index is 738. The second-order valence-corrected chi connectivity index (χ2v) is 5.58. The van der Waals surface area contributed by atoms with Gasteiger partial charge in [0.05, 0.1) is 6.07 Å². The van der Waals surface area contributed by atoms with Crippen molar-refractivity contribution >= 4 is 17.5 Å². The number of benzene rings is 2. The van der Waals surface area contributed by atoms with Crippen LogP contribution in [-0.4, -0.2) is 5.91 Å². The number of halogens is 1. The molecule has 2 rings (SSSR count). The summed E-state index contributed by atoms with van der Waals surface area (Å²) >= 11 is 6.01. The number of rotatable bonds is 6. The van der Waals surface area contributed by atoms with Crippen LogP contribution < -0.4 is 10.1 Å². The summed E-state index contributed by atoms with van der Waals surface area (Å²) in [6.45, 7) is 2.73. The number of nitriles is 1. The first-order chi connectivity index (χ1) is 11.1. The number of nitrogens with zero attached hydrogens (tertiary/aromatic N) is 1. The molecule has 0 saturated carbocycles. The van der Waals surface area contributed by atoms with Crippen molar-refractivity contribution in [1.29, 1.82) is 5.26 Å². The Kier molecular flexibility index (Phi) is 6.02. The van der Waals surface area contributed by atoms with E-state index in [1.165, 1.54) is 5.56 Å². The zero-order valence-electron chi connectivity index (χ0n) is 12.8. The van der Waals surface area contributed by atoms with Gasteiger partial charge in [-0.25, -0.2) is 0 Å². The maximum Gasteiger partial charge on any atom is 0.234 e. The van der Waals surface area contributed by atoms with Crippen LogP contribution in [0.1, 0.15) is 23.1 Å². The highest BCUT2D eigenvalue weighted by Gasteiger charge is 2.08. The van der Waals surface area contributed by atoms with Crippen LogP contribution in [-0.2, 0) is 17.9 Å². The molecule has 4 nitrogen and oxygen atoms in total. The lowest BCUT2D eigenvalue weighted by molar-refractivity contribution is -0.120. The molecule has 118 valence electrons. The average molecular weight is 329 g/mol. The van der Waals surface area contributed by atoms with Gasteiger partial charge in [0.1, 0.15) is 18.8 Å². The lowest BCUT2D eigenvalue weighted by Gasteiger charge is -2.13. The smallest absolute Gasteiger partial charge is 0.234 e. The molecule has 5 heteroatoms. The molecule has 0 saturated heterocycles. The summed E-state index contributed by atoms with van der Waals surface area (Å²) in [4.78, 5) is 11.4. The number of aryl methyl sites for hydroxylation is 1. The normalized spacial score (nSPS) is 9.96. The summed E-state index contributed by atoms with van der Waals surface area (Å²) in [6.07, 6.45) is -0.167. The number of hydrogen-bond donors (Lipinski definition) is 1. The van der Waals surface area contributed by atoms with Crippen molar-refractivity contribution in [2.45, 2.75) is 26.5 Å². The first kappa shape index (κ1) is 16.9. The molecule has 0 aliphatic carbocycles. The SMILES string of the molecule is Cc1cccc(COc2ccc(Cl)cc2CNC(=O)CC#N)c1. The number of amides is 1. The van der Waals surface area contributed by atoms with Crippen molar-refractivity contribution in [2.75, 3.05) is 0 Å². The van der Waals surface area contributed by atoms with Gasteiger partial charge >= 0.3 is 0 Å². The van der Waals surface area contributed by atoms with Gasteiger partial charge in [0.25, 0.3) is 0 Å². The fourth-order valence-corrected chi connectivity index (χ4v) is 2.31. The van der Waals surface area contributed by atoms with Gasteiger partial charge in [-0.05, 0) is 30.7 Å². The number of ether oxygens (including phenoxy) is 1. The number of carbonyl (C=O) groups excluding carboxylic acids is 1. The Morgan fingerprint density at radius 2 is 2.13 bits per heavy atom. The van der Waals surface area contributed by atoms with Crippen LogP contribution in [0.5, 0.6) is 5.75 Å². The molecule has 0 aliphatic rings. The topological polar surface area (TPSA) is 62.1 Å². The zero-order chi connectivity index (χ0) is 16.7. The molecule has 23 heavy (non-hydrogen) atoms. The van der Waals surface area contributed by atoms with Gasteiger partial charge < -0.3 is 10.1 Å². The van der Waals surface area contributed by atoms with E-state index in [4.69, 9.17) is 21.6 Å². The van der Waals surface area contributed by atoms with E-state index in [1.54, 1.807) is 18.2 Å². The molecule has 0 aromatic heterocycles. The summed E-state index contributed by atoms with van der Waals surface area (Å²) in [5.41, 5.74) is 3.02. The highest BCUT2D eigenvalue weighted by atomic mass is 35.5. The van der Waals surface area contributed by atoms with E-state index in [9.17, 15) is 4.79 Å². The maximum absolute atomic E-state index is 11.4. The minimum absolute atomic E-state index is 0.167. The molecule has 0 unspecified atom stereocenters. The molecule has 1 amide bonds. The third-order valence-electron chi connectivity index (χ3n) is 3.21. The quantitative estimate of drug-likeness (QED) is 0.878. The first-order valence-corrected chi connectivity index (χ1v) is 7.56. The largest absolute Gasteiger partial charge is 0.489 e. The second kappa shape index (κ2) is 8.21. The van der Waals surface area contributed by atoms with Crippen molar-refractivity contribution in [3.63, 3.8) is 0 Å². The second-order valence-electron chi connectivity index (χ2n) is 5.14. The van der Waals surface area contributed by atoms with Crippen LogP contribution in [0.4, 0.5) is 0 Å². The minimum Gasteiger partial charge on any atom is -0.489 e. The van der Waals surface area contributed by atoms with Gasteiger partial charge in [-0.2, -0.15) is 5.26 Å². The fourth-order valence-electron chi connectivity index (χ4n) is 2.12. The Morgan fingerprint density at radius 1 is 1.30 bits per heavy atom. The van der Waals surface area contributed by atoms with Gasteiger partial charge in [0.15, 0.2) is 0 Å². The molecule has 0 radical (unpaired) electrons. The van der Waals surface area contributed by atoms with Crippen LogP contribution in [0.3, 0.4) is 0 Å². The van der Waals surface area contributed by atoms with E-state index in [2.05, 4.69) is 11.4 Å². The zero-order valence-corrected chi connectivity index (χ0v) is 13.6. The predicted octanol–water partition coefficient (Wildman–Crippen LogP) is 3.76. The molecule has 0 atom stereocenters. The monoisotopic (exact) mass is 328 g/mol. The van der Waals surface area contributed by atoms with Crippen LogP contribution >= 0.6 is 11.6 Å². The number of hydrogen-bond acceptors (Lipinski definition) is 3. The van der Waals surface area contributed by atoms with E-state index >= 15 is 0 Å². The highest BCUT2D eigenvalue weighted by Crippen LogP contribution is 2.24. The van der Waals surface area contributed by atoms with E-state index in [0.29, 0.717) is 17.4 Å². The molecule has 0 aliphatic heterocycles. The van der Waals surface area contributed by atoms with E-state index in [0.717, 1.165) is 11.1 Å². The third-order valence-corrected chi connectivity index (χ3v) is 3.45. The molecule has 0 spiro atoms. The van der Waals surface area contributed by atoms with E-state index in [-0.39, 0.29) is 18.9 Å². The van der Waals surface area contributed by atoms with Gasteiger partial charge in [-0.1, -0.05) is 41.4 Å². The van der Waals surface area contributed by atoms with Crippen LogP contribution in [0.15, 0.2) is 42.5 Å². The number of nitrogens with one attached hydrogen (secondary N) is 1. The lowest BCUT2D eigenvalue weighted by atomic mass is 10.1. The van der Waals surface area contributed by atoms with Gasteiger partial charge in [0, 0.05) is 17.1 Å². The Balaban J connectivity index is 2.06. The molecule has 0 fully saturated rings. The Morgan fingerprint density at radius 3 is 2.87 bits per heavy atom. The standard InChI is InChI=1S/C18H17ClN2O2/c1-13-3-2-4-14(9-13)12-23-17-6-5-16(19)10-15(17)11-21-18(22)7-8-20/h2-6,9-10H,7,11-12H2,1H3,(H,21,22). The molecule has 1 N–H and O–H groups in total. The van der Waals surface area contributed by atoms with Crippen molar-refractivity contribution in [3.05, 3.63) is 64.2 Å². The van der Waals surface area contributed by atoms with E-state index in [1.807, 2.05) is 31.2 Å². The molecular weight excluding hydrogens is 312 g/mol. The molecular formula is C18H17ClN2O2. The molecule has 2 aromatic rings. The maximum atomic E-state index is 11.4. The van der Waals surface area contributed by atoms with Crippen LogP contribution in [0, 0.1) is 18.3 Å². The van der Waals surface area contributed by atoms with Crippen LogP contribution in [0.25, 0.3) is 0 Å².